The molecule has 1 fully saturated rings. The number of nitrogens with one attached hydrogen (secondary N) is 1. The predicted octanol–water partition coefficient (Wildman–Crippen LogP) is 2.28. The van der Waals surface area contributed by atoms with E-state index >= 15 is 0 Å². The lowest BCUT2D eigenvalue weighted by Gasteiger charge is -2.32. The maximum Gasteiger partial charge on any atom is 0.295 e. The number of hydrogen-bond donors (Lipinski definition) is 1. The van der Waals surface area contributed by atoms with Gasteiger partial charge in [-0.2, -0.15) is 0 Å². The molecule has 0 saturated carbocycles. The maximum absolute atomic E-state index is 12.9. The third-order valence-corrected chi connectivity index (χ3v) is 5.04. The molecule has 1 aliphatic heterocycles. The summed E-state index contributed by atoms with van der Waals surface area (Å²) in [6.45, 7) is 0.879. The Bertz CT molecular complexity index is 1050. The van der Waals surface area contributed by atoms with Gasteiger partial charge in [-0.15, -0.1) is 0 Å². The second-order valence-corrected chi connectivity index (χ2v) is 7.29. The van der Waals surface area contributed by atoms with Crippen molar-refractivity contribution in [1.82, 2.24) is 19.9 Å². The molecule has 8 heteroatoms. The van der Waals surface area contributed by atoms with E-state index in [-0.39, 0.29) is 6.10 Å². The number of rotatable bonds is 5. The van der Waals surface area contributed by atoms with Crippen LogP contribution in [0.4, 0.5) is 5.82 Å². The van der Waals surface area contributed by atoms with Crippen LogP contribution in [0, 0.1) is 0 Å². The summed E-state index contributed by atoms with van der Waals surface area (Å²) in [6, 6.07) is 7.46. The van der Waals surface area contributed by atoms with Gasteiger partial charge in [0.1, 0.15) is 6.10 Å². The highest BCUT2D eigenvalue weighted by molar-refractivity contribution is 6.44. The van der Waals surface area contributed by atoms with Gasteiger partial charge in [-0.05, 0) is 18.9 Å². The minimum atomic E-state index is -0.505. The molecule has 0 radical (unpaired) electrons. The van der Waals surface area contributed by atoms with E-state index in [1.807, 2.05) is 43.3 Å². The van der Waals surface area contributed by atoms with Crippen LogP contribution in [0.15, 0.2) is 42.9 Å². The number of ether oxygens (including phenoxy) is 1. The van der Waals surface area contributed by atoms with Crippen molar-refractivity contribution in [2.75, 3.05) is 32.1 Å². The number of fused-ring (bicyclic) bond motifs is 1. The van der Waals surface area contributed by atoms with Crippen LogP contribution >= 0.6 is 0 Å². The fraction of sp³-hybridized carbons (Fsp3) is 0.333. The highest BCUT2D eigenvalue weighted by atomic mass is 16.5. The van der Waals surface area contributed by atoms with Crippen molar-refractivity contribution in [1.29, 1.82) is 0 Å². The molecule has 0 spiro atoms. The van der Waals surface area contributed by atoms with E-state index in [1.54, 1.807) is 23.5 Å². The van der Waals surface area contributed by atoms with E-state index in [0.29, 0.717) is 30.4 Å². The number of para-hydroxylation sites is 1. The highest BCUT2D eigenvalue weighted by Crippen LogP contribution is 2.25. The van der Waals surface area contributed by atoms with Gasteiger partial charge in [0.2, 0.25) is 0 Å². The smallest absolute Gasteiger partial charge is 0.295 e. The molecule has 8 nitrogen and oxygen atoms in total. The zero-order valence-electron chi connectivity index (χ0n) is 16.5. The largest absolute Gasteiger partial charge is 0.470 e. The lowest BCUT2D eigenvalue weighted by molar-refractivity contribution is -0.129. The number of ketones is 1. The molecule has 3 heterocycles. The van der Waals surface area contributed by atoms with Crippen molar-refractivity contribution in [3.05, 3.63) is 48.4 Å². The number of hydrogen-bond acceptors (Lipinski definition) is 6. The second-order valence-electron chi connectivity index (χ2n) is 7.29. The summed E-state index contributed by atoms with van der Waals surface area (Å²) < 4.78 is 6.04. The first-order valence-corrected chi connectivity index (χ1v) is 9.59. The normalized spacial score (nSPS) is 16.6. The topological polar surface area (TPSA) is 91.4 Å². The monoisotopic (exact) mass is 393 g/mol. The van der Waals surface area contributed by atoms with Gasteiger partial charge in [0, 0.05) is 50.1 Å². The Labute approximate surface area is 168 Å². The number of likely N-dealkylation sites (tertiary alicyclic amines) is 1. The number of amides is 1. The van der Waals surface area contributed by atoms with Crippen LogP contribution in [-0.4, -0.2) is 64.8 Å². The fourth-order valence-electron chi connectivity index (χ4n) is 3.60. The number of nitrogens with zero attached hydrogens (tertiary/aromatic N) is 4. The van der Waals surface area contributed by atoms with Gasteiger partial charge in [-0.25, -0.2) is 9.97 Å². The fourth-order valence-corrected chi connectivity index (χ4v) is 3.60. The first kappa shape index (κ1) is 18.9. The van der Waals surface area contributed by atoms with Crippen molar-refractivity contribution in [2.45, 2.75) is 18.9 Å². The lowest BCUT2D eigenvalue weighted by atomic mass is 10.0. The number of carbonyl (C=O) groups excluding carboxylic acids is 2. The minimum absolute atomic E-state index is 0.237. The Balaban J connectivity index is 1.48. The van der Waals surface area contributed by atoms with E-state index in [4.69, 9.17) is 4.74 Å². The first-order valence-electron chi connectivity index (χ1n) is 9.59. The molecule has 150 valence electrons. The van der Waals surface area contributed by atoms with E-state index in [2.05, 4.69) is 15.0 Å². The Morgan fingerprint density at radius 1 is 1.21 bits per heavy atom. The average Bonchev–Trinajstić information content (AvgIpc) is 3.17. The number of benzene rings is 1. The zero-order valence-corrected chi connectivity index (χ0v) is 16.5. The molecule has 1 amide bonds. The standard InChI is InChI=1S/C21H23N5O3/c1-25(2)19-20(23-10-9-22-19)29-14-6-5-11-26(13-14)21(28)18(27)16-12-24-17-8-4-3-7-15(16)17/h3-4,7-10,12,14,24H,5-6,11,13H2,1-2H3. The van der Waals surface area contributed by atoms with E-state index in [0.717, 1.165) is 23.7 Å². The third kappa shape index (κ3) is 3.78. The summed E-state index contributed by atoms with van der Waals surface area (Å²) in [4.78, 5) is 40.7. The molecule has 1 atom stereocenters. The van der Waals surface area contributed by atoms with Crippen LogP contribution < -0.4 is 9.64 Å². The number of aromatic nitrogens is 3. The van der Waals surface area contributed by atoms with Gasteiger partial charge in [-0.3, -0.25) is 9.59 Å². The molecule has 1 aromatic carbocycles. The Morgan fingerprint density at radius 2 is 2.00 bits per heavy atom. The molecule has 1 aliphatic rings. The van der Waals surface area contributed by atoms with E-state index < -0.39 is 11.7 Å². The summed E-state index contributed by atoms with van der Waals surface area (Å²) in [5.74, 6) is 0.0530. The molecular weight excluding hydrogens is 370 g/mol. The summed E-state index contributed by atoms with van der Waals surface area (Å²) in [5, 5.41) is 0.755. The van der Waals surface area contributed by atoms with Crippen molar-refractivity contribution < 1.29 is 14.3 Å². The SMILES string of the molecule is CN(C)c1nccnc1OC1CCCN(C(=O)C(=O)c2c[nH]c3ccccc23)C1. The zero-order chi connectivity index (χ0) is 20.4. The number of H-pyrrole nitrogens is 1. The van der Waals surface area contributed by atoms with Crippen LogP contribution in [0.2, 0.25) is 0 Å². The van der Waals surface area contributed by atoms with Gasteiger partial charge < -0.3 is 19.5 Å². The van der Waals surface area contributed by atoms with Gasteiger partial charge in [0.15, 0.2) is 5.82 Å². The van der Waals surface area contributed by atoms with Crippen molar-refractivity contribution in [2.24, 2.45) is 0 Å². The van der Waals surface area contributed by atoms with Gasteiger partial charge in [0.25, 0.3) is 17.6 Å². The van der Waals surface area contributed by atoms with Crippen LogP contribution in [0.25, 0.3) is 10.9 Å². The second kappa shape index (κ2) is 7.90. The third-order valence-electron chi connectivity index (χ3n) is 5.04. The van der Waals surface area contributed by atoms with E-state index in [9.17, 15) is 9.59 Å². The van der Waals surface area contributed by atoms with Gasteiger partial charge >= 0.3 is 0 Å². The molecule has 4 rings (SSSR count). The Hall–Kier alpha value is -3.42. The average molecular weight is 393 g/mol. The number of anilines is 1. The first-order chi connectivity index (χ1) is 14.0. The molecule has 1 saturated heterocycles. The molecule has 1 unspecified atom stereocenters. The molecule has 0 bridgehead atoms. The quantitative estimate of drug-likeness (QED) is 0.528. The van der Waals surface area contributed by atoms with Gasteiger partial charge in [-0.1, -0.05) is 18.2 Å². The highest BCUT2D eigenvalue weighted by Gasteiger charge is 2.31. The summed E-state index contributed by atoms with van der Waals surface area (Å²) >= 11 is 0. The van der Waals surface area contributed by atoms with Gasteiger partial charge in [0.05, 0.1) is 12.1 Å². The molecule has 0 aliphatic carbocycles. The minimum Gasteiger partial charge on any atom is -0.470 e. The molecule has 1 N–H and O–H groups in total. The van der Waals surface area contributed by atoms with Crippen LogP contribution in [-0.2, 0) is 4.79 Å². The number of piperidine rings is 1. The predicted molar refractivity (Wildman–Crippen MR) is 109 cm³/mol. The maximum atomic E-state index is 12.9. The summed E-state index contributed by atoms with van der Waals surface area (Å²) in [5.41, 5.74) is 1.24. The summed E-state index contributed by atoms with van der Waals surface area (Å²) in [7, 11) is 3.74. The number of Topliss-reactive ketones (excluding diaryl/α,β-unsaturated/α-hetero) is 1. The number of aromatic amines is 1. The van der Waals surface area contributed by atoms with Crippen LogP contribution in [0.3, 0.4) is 0 Å². The molecule has 29 heavy (non-hydrogen) atoms. The van der Waals surface area contributed by atoms with Crippen LogP contribution in [0.5, 0.6) is 5.88 Å². The van der Waals surface area contributed by atoms with E-state index in [1.165, 1.54) is 0 Å². The Kier molecular flexibility index (Phi) is 5.16. The molecular formula is C21H23N5O3. The molecule has 3 aromatic rings. The van der Waals surface area contributed by atoms with Crippen LogP contribution in [0.1, 0.15) is 23.2 Å². The lowest BCUT2D eigenvalue weighted by Crippen LogP contribution is -2.47. The number of carbonyl (C=O) groups is 2. The molecule has 2 aromatic heterocycles. The Morgan fingerprint density at radius 3 is 2.83 bits per heavy atom. The van der Waals surface area contributed by atoms with Crippen molar-refractivity contribution >= 4 is 28.4 Å². The van der Waals surface area contributed by atoms with Crippen molar-refractivity contribution in [3.8, 4) is 5.88 Å². The van der Waals surface area contributed by atoms with Crippen molar-refractivity contribution in [3.63, 3.8) is 0 Å². The summed E-state index contributed by atoms with van der Waals surface area (Å²) in [6.07, 6.45) is 6.10.